The number of amides is 1. The second-order valence-corrected chi connectivity index (χ2v) is 5.48. The van der Waals surface area contributed by atoms with Crippen molar-refractivity contribution in [2.24, 2.45) is 5.92 Å². The highest BCUT2D eigenvalue weighted by Gasteiger charge is 2.34. The van der Waals surface area contributed by atoms with Gasteiger partial charge in [-0.1, -0.05) is 30.3 Å². The maximum atomic E-state index is 12.3. The van der Waals surface area contributed by atoms with E-state index in [1.54, 1.807) is 0 Å². The molecule has 1 amide bonds. The number of aliphatic carboxylic acids is 1. The van der Waals surface area contributed by atoms with Gasteiger partial charge in [0.1, 0.15) is 0 Å². The van der Waals surface area contributed by atoms with Crippen molar-refractivity contribution in [1.82, 2.24) is 4.90 Å². The molecule has 0 radical (unpaired) electrons. The maximum absolute atomic E-state index is 12.3. The van der Waals surface area contributed by atoms with Crippen molar-refractivity contribution < 1.29 is 14.7 Å². The number of carbonyl (C=O) groups is 2. The molecule has 0 aromatic heterocycles. The fourth-order valence-corrected chi connectivity index (χ4v) is 2.43. The van der Waals surface area contributed by atoms with Crippen LogP contribution in [-0.4, -0.2) is 27.9 Å². The van der Waals surface area contributed by atoms with Crippen LogP contribution in [-0.2, 0) is 16.1 Å². The van der Waals surface area contributed by atoms with Gasteiger partial charge < -0.3 is 10.0 Å². The summed E-state index contributed by atoms with van der Waals surface area (Å²) in [6.07, 6.45) is 2.32. The van der Waals surface area contributed by atoms with E-state index in [4.69, 9.17) is 5.11 Å². The highest BCUT2D eigenvalue weighted by Crippen LogP contribution is 2.36. The maximum Gasteiger partial charge on any atom is 0.303 e. The van der Waals surface area contributed by atoms with Gasteiger partial charge in [-0.3, -0.25) is 9.59 Å². The van der Waals surface area contributed by atoms with Crippen LogP contribution in [0.1, 0.15) is 38.2 Å². The van der Waals surface area contributed by atoms with Crippen molar-refractivity contribution >= 4 is 11.9 Å². The minimum Gasteiger partial charge on any atom is -0.481 e. The Labute approximate surface area is 119 Å². The minimum atomic E-state index is -0.919. The quantitative estimate of drug-likeness (QED) is 0.832. The lowest BCUT2D eigenvalue weighted by atomic mass is 10.1. The monoisotopic (exact) mass is 275 g/mol. The molecule has 0 bridgehead atoms. The van der Waals surface area contributed by atoms with Crippen molar-refractivity contribution in [3.8, 4) is 0 Å². The highest BCUT2D eigenvalue weighted by molar-refractivity contribution is 5.81. The molecule has 20 heavy (non-hydrogen) atoms. The first-order chi connectivity index (χ1) is 9.58. The summed E-state index contributed by atoms with van der Waals surface area (Å²) in [6.45, 7) is 2.64. The first-order valence-corrected chi connectivity index (χ1v) is 7.13. The Hall–Kier alpha value is -1.84. The molecule has 1 saturated carbocycles. The number of benzene rings is 1. The van der Waals surface area contributed by atoms with Gasteiger partial charge in [-0.15, -0.1) is 0 Å². The Bertz CT molecular complexity index is 468. The lowest BCUT2D eigenvalue weighted by Gasteiger charge is -2.29. The molecule has 1 fully saturated rings. The van der Waals surface area contributed by atoms with E-state index in [9.17, 15) is 9.59 Å². The molecule has 0 spiro atoms. The van der Waals surface area contributed by atoms with Gasteiger partial charge in [-0.05, 0) is 31.2 Å². The number of carboxylic acid groups (broad SMARTS) is 1. The van der Waals surface area contributed by atoms with Crippen molar-refractivity contribution in [3.63, 3.8) is 0 Å². The molecule has 1 aromatic rings. The Morgan fingerprint density at radius 3 is 2.45 bits per heavy atom. The van der Waals surface area contributed by atoms with E-state index in [1.807, 2.05) is 35.2 Å². The third kappa shape index (κ3) is 4.08. The van der Waals surface area contributed by atoms with Gasteiger partial charge in [0.25, 0.3) is 0 Å². The van der Waals surface area contributed by atoms with Crippen LogP contribution in [0, 0.1) is 5.92 Å². The summed E-state index contributed by atoms with van der Waals surface area (Å²) < 4.78 is 0. The van der Waals surface area contributed by atoms with E-state index in [2.05, 4.69) is 6.92 Å². The summed E-state index contributed by atoms with van der Waals surface area (Å²) >= 11 is 0. The molecule has 1 N–H and O–H groups in total. The summed E-state index contributed by atoms with van der Waals surface area (Å²) in [5.74, 6) is -0.403. The molecule has 1 unspecified atom stereocenters. The van der Waals surface area contributed by atoms with Crippen LogP contribution in [0.2, 0.25) is 0 Å². The van der Waals surface area contributed by atoms with E-state index in [0.29, 0.717) is 12.5 Å². The molecule has 0 aliphatic heterocycles. The summed E-state index contributed by atoms with van der Waals surface area (Å²) in [4.78, 5) is 24.8. The molecule has 0 heterocycles. The van der Waals surface area contributed by atoms with Crippen molar-refractivity contribution in [2.45, 2.75) is 45.2 Å². The fraction of sp³-hybridized carbons (Fsp3) is 0.500. The standard InChI is InChI=1S/C16H21NO3/c1-12(14-7-8-14)17(15(18)9-10-16(19)20)11-13-5-3-2-4-6-13/h2-6,12,14H,7-11H2,1H3,(H,19,20). The molecule has 1 atom stereocenters. The second kappa shape index (κ2) is 6.55. The Kier molecular flexibility index (Phi) is 4.77. The molecule has 108 valence electrons. The van der Waals surface area contributed by atoms with Crippen LogP contribution in [0.3, 0.4) is 0 Å². The minimum absolute atomic E-state index is 0.0596. The summed E-state index contributed by atoms with van der Waals surface area (Å²) in [5.41, 5.74) is 1.09. The van der Waals surface area contributed by atoms with E-state index < -0.39 is 5.97 Å². The van der Waals surface area contributed by atoms with Crippen molar-refractivity contribution in [2.75, 3.05) is 0 Å². The summed E-state index contributed by atoms with van der Waals surface area (Å²) in [5, 5.41) is 8.72. The van der Waals surface area contributed by atoms with Crippen LogP contribution in [0.15, 0.2) is 30.3 Å². The number of nitrogens with zero attached hydrogens (tertiary/aromatic N) is 1. The SMILES string of the molecule is CC(C1CC1)N(Cc1ccccc1)C(=O)CCC(=O)O. The average molecular weight is 275 g/mol. The van der Waals surface area contributed by atoms with E-state index in [1.165, 1.54) is 12.8 Å². The molecule has 2 rings (SSSR count). The Morgan fingerprint density at radius 2 is 1.90 bits per heavy atom. The van der Waals surface area contributed by atoms with Gasteiger partial charge in [0.2, 0.25) is 5.91 Å². The molecule has 0 saturated heterocycles. The average Bonchev–Trinajstić information content (AvgIpc) is 3.27. The number of rotatable bonds is 7. The third-order valence-electron chi connectivity index (χ3n) is 3.86. The number of carboxylic acids is 1. The summed E-state index contributed by atoms with van der Waals surface area (Å²) in [6, 6.07) is 10.0. The normalized spacial score (nSPS) is 15.7. The van der Waals surface area contributed by atoms with E-state index >= 15 is 0 Å². The number of hydrogen-bond acceptors (Lipinski definition) is 2. The van der Waals surface area contributed by atoms with Gasteiger partial charge in [0.05, 0.1) is 6.42 Å². The van der Waals surface area contributed by atoms with Gasteiger partial charge in [0.15, 0.2) is 0 Å². The lowest BCUT2D eigenvalue weighted by molar-refractivity contribution is -0.142. The highest BCUT2D eigenvalue weighted by atomic mass is 16.4. The third-order valence-corrected chi connectivity index (χ3v) is 3.86. The molecule has 4 nitrogen and oxygen atoms in total. The van der Waals surface area contributed by atoms with Crippen LogP contribution >= 0.6 is 0 Å². The van der Waals surface area contributed by atoms with Crippen LogP contribution in [0.5, 0.6) is 0 Å². The number of hydrogen-bond donors (Lipinski definition) is 1. The lowest BCUT2D eigenvalue weighted by Crippen LogP contribution is -2.39. The van der Waals surface area contributed by atoms with Crippen LogP contribution < -0.4 is 0 Å². The van der Waals surface area contributed by atoms with Gasteiger partial charge in [-0.2, -0.15) is 0 Å². The van der Waals surface area contributed by atoms with Gasteiger partial charge in [-0.25, -0.2) is 0 Å². The second-order valence-electron chi connectivity index (χ2n) is 5.48. The molecule has 1 aromatic carbocycles. The van der Waals surface area contributed by atoms with Gasteiger partial charge >= 0.3 is 5.97 Å². The van der Waals surface area contributed by atoms with E-state index in [0.717, 1.165) is 5.56 Å². The molecule has 1 aliphatic rings. The molecular weight excluding hydrogens is 254 g/mol. The topological polar surface area (TPSA) is 57.6 Å². The number of carbonyl (C=O) groups excluding carboxylic acids is 1. The van der Waals surface area contributed by atoms with Crippen LogP contribution in [0.4, 0.5) is 0 Å². The zero-order valence-electron chi connectivity index (χ0n) is 11.8. The Morgan fingerprint density at radius 1 is 1.25 bits per heavy atom. The van der Waals surface area contributed by atoms with Crippen molar-refractivity contribution in [3.05, 3.63) is 35.9 Å². The summed E-state index contributed by atoms with van der Waals surface area (Å²) in [7, 11) is 0. The van der Waals surface area contributed by atoms with Gasteiger partial charge in [0, 0.05) is 19.0 Å². The largest absolute Gasteiger partial charge is 0.481 e. The smallest absolute Gasteiger partial charge is 0.303 e. The van der Waals surface area contributed by atoms with E-state index in [-0.39, 0.29) is 24.8 Å². The molecular formula is C16H21NO3. The fourth-order valence-electron chi connectivity index (χ4n) is 2.43. The van der Waals surface area contributed by atoms with Crippen LogP contribution in [0.25, 0.3) is 0 Å². The predicted octanol–water partition coefficient (Wildman–Crippen LogP) is 2.68. The first kappa shape index (κ1) is 14.6. The molecule has 1 aliphatic carbocycles. The zero-order chi connectivity index (χ0) is 14.5. The Balaban J connectivity index is 2.03. The molecule has 4 heteroatoms. The first-order valence-electron chi connectivity index (χ1n) is 7.13. The van der Waals surface area contributed by atoms with Crippen molar-refractivity contribution in [1.29, 1.82) is 0 Å². The zero-order valence-corrected chi connectivity index (χ0v) is 11.8. The predicted molar refractivity (Wildman–Crippen MR) is 76.0 cm³/mol.